The third-order valence-electron chi connectivity index (χ3n) is 1.67. The maximum atomic E-state index is 10.3. The molecule has 0 atom stereocenters. The van der Waals surface area contributed by atoms with Crippen molar-refractivity contribution in [2.24, 2.45) is 5.92 Å². The Morgan fingerprint density at radius 3 is 2.17 bits per heavy atom. The Kier molecular flexibility index (Phi) is 5.32. The van der Waals surface area contributed by atoms with E-state index in [1.165, 1.54) is 0 Å². The van der Waals surface area contributed by atoms with Crippen molar-refractivity contribution in [2.75, 3.05) is 13.2 Å². The molecule has 12 heavy (non-hydrogen) atoms. The number of carboxylic acid groups (broad SMARTS) is 1. The Hall–Kier alpha value is -0.870. The van der Waals surface area contributed by atoms with Gasteiger partial charge in [-0.25, -0.2) is 4.79 Å². The molecule has 0 radical (unpaired) electrons. The zero-order chi connectivity index (χ0) is 9.56. The maximum Gasteiger partial charge on any atom is 0.330 e. The van der Waals surface area contributed by atoms with E-state index in [0.29, 0.717) is 12.8 Å². The number of rotatable bonds is 6. The summed E-state index contributed by atoms with van der Waals surface area (Å²) in [6, 6.07) is 0. The molecule has 0 saturated heterocycles. The highest BCUT2D eigenvalue weighted by atomic mass is 16.4. The van der Waals surface area contributed by atoms with Crippen LogP contribution < -0.4 is 0 Å². The fourth-order valence-corrected chi connectivity index (χ4v) is 0.726. The van der Waals surface area contributed by atoms with Gasteiger partial charge in [0.05, 0.1) is 0 Å². The van der Waals surface area contributed by atoms with Gasteiger partial charge in [-0.05, 0) is 12.8 Å². The van der Waals surface area contributed by atoms with Gasteiger partial charge >= 0.3 is 5.97 Å². The minimum absolute atomic E-state index is 0.113. The van der Waals surface area contributed by atoms with Gasteiger partial charge in [-0.2, -0.15) is 0 Å². The lowest BCUT2D eigenvalue weighted by atomic mass is 10.0. The third-order valence-corrected chi connectivity index (χ3v) is 1.67. The number of aliphatic carboxylic acids is 1. The van der Waals surface area contributed by atoms with E-state index in [4.69, 9.17) is 15.3 Å². The lowest BCUT2D eigenvalue weighted by molar-refractivity contribution is -0.132. The molecule has 0 heterocycles. The van der Waals surface area contributed by atoms with Crippen LogP contribution in [-0.2, 0) is 4.79 Å². The summed E-state index contributed by atoms with van der Waals surface area (Å²) >= 11 is 0. The van der Waals surface area contributed by atoms with Crippen LogP contribution in [0.3, 0.4) is 0 Å². The first-order valence-corrected chi connectivity index (χ1v) is 3.74. The molecule has 0 aliphatic heterocycles. The Morgan fingerprint density at radius 2 is 1.83 bits per heavy atom. The second-order valence-corrected chi connectivity index (χ2v) is 2.68. The Morgan fingerprint density at radius 1 is 1.33 bits per heavy atom. The highest BCUT2D eigenvalue weighted by Gasteiger charge is 2.09. The summed E-state index contributed by atoms with van der Waals surface area (Å²) in [6.07, 6.45) is 0.763. The number of hydrogen-bond donors (Lipinski definition) is 3. The summed E-state index contributed by atoms with van der Waals surface area (Å²) in [5.41, 5.74) is 0.113. The predicted molar refractivity (Wildman–Crippen MR) is 43.7 cm³/mol. The summed E-state index contributed by atoms with van der Waals surface area (Å²) < 4.78 is 0. The van der Waals surface area contributed by atoms with Gasteiger partial charge in [0.25, 0.3) is 0 Å². The van der Waals surface area contributed by atoms with Gasteiger partial charge in [0.15, 0.2) is 0 Å². The third kappa shape index (κ3) is 4.10. The molecule has 3 N–H and O–H groups in total. The van der Waals surface area contributed by atoms with E-state index in [-0.39, 0.29) is 24.7 Å². The Balaban J connectivity index is 3.66. The molecule has 0 spiro atoms. The SMILES string of the molecule is C=C(CCC(CO)CO)C(=O)O. The fourth-order valence-electron chi connectivity index (χ4n) is 0.726. The van der Waals surface area contributed by atoms with Gasteiger partial charge in [-0.3, -0.25) is 0 Å². The molecule has 0 aromatic carbocycles. The summed E-state index contributed by atoms with van der Waals surface area (Å²) in [5.74, 6) is -1.26. The normalized spacial score (nSPS) is 10.2. The van der Waals surface area contributed by atoms with Crippen molar-refractivity contribution >= 4 is 5.97 Å². The number of carbonyl (C=O) groups is 1. The predicted octanol–water partition coefficient (Wildman–Crippen LogP) is 0.00820. The first kappa shape index (κ1) is 11.1. The van der Waals surface area contributed by atoms with Gasteiger partial charge in [0.1, 0.15) is 0 Å². The van der Waals surface area contributed by atoms with Crippen LogP contribution in [0.5, 0.6) is 0 Å². The van der Waals surface area contributed by atoms with Crippen molar-refractivity contribution in [1.82, 2.24) is 0 Å². The molecule has 0 unspecified atom stereocenters. The van der Waals surface area contributed by atoms with Gasteiger partial charge in [0.2, 0.25) is 0 Å². The van der Waals surface area contributed by atoms with Crippen LogP contribution in [-0.4, -0.2) is 34.5 Å². The van der Waals surface area contributed by atoms with E-state index in [1.807, 2.05) is 0 Å². The summed E-state index contributed by atoms with van der Waals surface area (Å²) in [4.78, 5) is 10.3. The van der Waals surface area contributed by atoms with Gasteiger partial charge in [-0.15, -0.1) is 0 Å². The minimum atomic E-state index is -1.02. The molecule has 4 nitrogen and oxygen atoms in total. The lowest BCUT2D eigenvalue weighted by Gasteiger charge is -2.09. The zero-order valence-corrected chi connectivity index (χ0v) is 6.86. The second kappa shape index (κ2) is 5.74. The maximum absolute atomic E-state index is 10.3. The molecule has 0 amide bonds. The number of hydrogen-bond acceptors (Lipinski definition) is 3. The van der Waals surface area contributed by atoms with Crippen LogP contribution in [0.25, 0.3) is 0 Å². The first-order valence-electron chi connectivity index (χ1n) is 3.74. The molecular formula is C8H14O4. The highest BCUT2D eigenvalue weighted by molar-refractivity contribution is 5.85. The van der Waals surface area contributed by atoms with Crippen LogP contribution in [0.4, 0.5) is 0 Å². The summed E-state index contributed by atoms with van der Waals surface area (Å²) in [5, 5.41) is 25.7. The van der Waals surface area contributed by atoms with Crippen LogP contribution in [0, 0.1) is 5.92 Å². The van der Waals surface area contributed by atoms with Crippen molar-refractivity contribution in [3.63, 3.8) is 0 Å². The number of aliphatic hydroxyl groups excluding tert-OH is 2. The fraction of sp³-hybridized carbons (Fsp3) is 0.625. The molecule has 0 bridgehead atoms. The number of carboxylic acids is 1. The Bertz CT molecular complexity index is 160. The summed E-state index contributed by atoms with van der Waals surface area (Å²) in [6.45, 7) is 3.09. The molecule has 0 fully saturated rings. The molecule has 0 aromatic rings. The first-order chi connectivity index (χ1) is 5.61. The molecule has 0 aromatic heterocycles. The number of aliphatic hydroxyl groups is 2. The molecule has 4 heteroatoms. The zero-order valence-electron chi connectivity index (χ0n) is 6.86. The van der Waals surface area contributed by atoms with Gasteiger partial charge in [-0.1, -0.05) is 6.58 Å². The van der Waals surface area contributed by atoms with Gasteiger partial charge < -0.3 is 15.3 Å². The van der Waals surface area contributed by atoms with Crippen molar-refractivity contribution in [3.05, 3.63) is 12.2 Å². The highest BCUT2D eigenvalue weighted by Crippen LogP contribution is 2.10. The van der Waals surface area contributed by atoms with Crippen molar-refractivity contribution in [3.8, 4) is 0 Å². The standard InChI is InChI=1S/C8H14O4/c1-6(8(11)12)2-3-7(4-9)5-10/h7,9-10H,1-5H2,(H,11,12). The average molecular weight is 174 g/mol. The van der Waals surface area contributed by atoms with Crippen LogP contribution >= 0.6 is 0 Å². The van der Waals surface area contributed by atoms with E-state index in [9.17, 15) is 4.79 Å². The van der Waals surface area contributed by atoms with E-state index in [0.717, 1.165) is 0 Å². The van der Waals surface area contributed by atoms with Crippen LogP contribution in [0.1, 0.15) is 12.8 Å². The molecule has 0 aliphatic rings. The smallest absolute Gasteiger partial charge is 0.330 e. The second-order valence-electron chi connectivity index (χ2n) is 2.68. The topological polar surface area (TPSA) is 77.8 Å². The van der Waals surface area contributed by atoms with E-state index in [2.05, 4.69) is 6.58 Å². The van der Waals surface area contributed by atoms with Crippen molar-refractivity contribution in [1.29, 1.82) is 0 Å². The van der Waals surface area contributed by atoms with E-state index >= 15 is 0 Å². The van der Waals surface area contributed by atoms with Crippen LogP contribution in [0.2, 0.25) is 0 Å². The summed E-state index contributed by atoms with van der Waals surface area (Å²) in [7, 11) is 0. The van der Waals surface area contributed by atoms with Crippen LogP contribution in [0.15, 0.2) is 12.2 Å². The quantitative estimate of drug-likeness (QED) is 0.495. The molecular weight excluding hydrogens is 160 g/mol. The molecule has 0 saturated carbocycles. The molecule has 0 rings (SSSR count). The Labute approximate surface area is 71.1 Å². The average Bonchev–Trinajstić information content (AvgIpc) is 2.05. The molecule has 0 aliphatic carbocycles. The monoisotopic (exact) mass is 174 g/mol. The lowest BCUT2D eigenvalue weighted by Crippen LogP contribution is -2.12. The molecule has 70 valence electrons. The van der Waals surface area contributed by atoms with Gasteiger partial charge in [0, 0.05) is 24.7 Å². The largest absolute Gasteiger partial charge is 0.478 e. The van der Waals surface area contributed by atoms with Crippen molar-refractivity contribution < 1.29 is 20.1 Å². The van der Waals surface area contributed by atoms with Crippen molar-refractivity contribution in [2.45, 2.75) is 12.8 Å². The van der Waals surface area contributed by atoms with E-state index in [1.54, 1.807) is 0 Å². The van der Waals surface area contributed by atoms with E-state index < -0.39 is 5.97 Å². The minimum Gasteiger partial charge on any atom is -0.478 e.